The molecule has 0 aliphatic carbocycles. The molecule has 0 unspecified atom stereocenters. The van der Waals surface area contributed by atoms with Crippen molar-refractivity contribution in [3.63, 3.8) is 0 Å². The number of carbonyl (C=O) groups is 2. The van der Waals surface area contributed by atoms with E-state index in [9.17, 15) is 9.59 Å². The Hall–Kier alpha value is -2.69. The Morgan fingerprint density at radius 1 is 1.05 bits per heavy atom. The molecule has 0 aliphatic rings. The summed E-state index contributed by atoms with van der Waals surface area (Å²) in [6.45, 7) is 0. The molecule has 1 heterocycles. The standard InChI is InChI=1S/C17H19N3O2/c1-20(2)16(21)8-5-13-3-6-15(7-4-13)19-17(22)14-9-11-18-12-10-14/h3-4,6-7,9-12H,5,8H2,1-2H3,(H,19,22). The van der Waals surface area contributed by atoms with Gasteiger partial charge in [0.2, 0.25) is 5.91 Å². The first kappa shape index (κ1) is 15.7. The zero-order valence-corrected chi connectivity index (χ0v) is 12.7. The number of hydrogen-bond acceptors (Lipinski definition) is 3. The molecule has 5 heteroatoms. The second-order valence-corrected chi connectivity index (χ2v) is 5.18. The van der Waals surface area contributed by atoms with Crippen molar-refractivity contribution in [1.29, 1.82) is 0 Å². The predicted octanol–water partition coefficient (Wildman–Crippen LogP) is 2.35. The van der Waals surface area contributed by atoms with Gasteiger partial charge in [-0.05, 0) is 36.2 Å². The number of aromatic nitrogens is 1. The van der Waals surface area contributed by atoms with Crippen molar-refractivity contribution >= 4 is 17.5 Å². The molecule has 22 heavy (non-hydrogen) atoms. The van der Waals surface area contributed by atoms with E-state index in [1.165, 1.54) is 0 Å². The van der Waals surface area contributed by atoms with Crippen LogP contribution in [0, 0.1) is 0 Å². The molecular weight excluding hydrogens is 278 g/mol. The molecule has 1 N–H and O–H groups in total. The normalized spacial score (nSPS) is 10.1. The van der Waals surface area contributed by atoms with Crippen LogP contribution in [0.25, 0.3) is 0 Å². The molecule has 1 aromatic carbocycles. The molecule has 0 saturated carbocycles. The topological polar surface area (TPSA) is 62.3 Å². The summed E-state index contributed by atoms with van der Waals surface area (Å²) in [6.07, 6.45) is 4.34. The van der Waals surface area contributed by atoms with E-state index < -0.39 is 0 Å². The molecule has 0 bridgehead atoms. The predicted molar refractivity (Wildman–Crippen MR) is 85.6 cm³/mol. The summed E-state index contributed by atoms with van der Waals surface area (Å²) in [6, 6.07) is 10.9. The van der Waals surface area contributed by atoms with E-state index in [1.54, 1.807) is 43.5 Å². The molecule has 114 valence electrons. The molecule has 0 radical (unpaired) electrons. The van der Waals surface area contributed by atoms with Crippen molar-refractivity contribution in [3.8, 4) is 0 Å². The van der Waals surface area contributed by atoms with Gasteiger partial charge in [0.25, 0.3) is 5.91 Å². The fraction of sp³-hybridized carbons (Fsp3) is 0.235. The first-order chi connectivity index (χ1) is 10.6. The number of hydrogen-bond donors (Lipinski definition) is 1. The summed E-state index contributed by atoms with van der Waals surface area (Å²) < 4.78 is 0. The minimum Gasteiger partial charge on any atom is -0.349 e. The van der Waals surface area contributed by atoms with Gasteiger partial charge >= 0.3 is 0 Å². The van der Waals surface area contributed by atoms with Crippen LogP contribution in [0.1, 0.15) is 22.3 Å². The lowest BCUT2D eigenvalue weighted by Crippen LogP contribution is -2.21. The molecule has 0 atom stereocenters. The summed E-state index contributed by atoms with van der Waals surface area (Å²) in [5, 5.41) is 2.83. The van der Waals surface area contributed by atoms with Gasteiger partial charge in [0.1, 0.15) is 0 Å². The molecule has 2 rings (SSSR count). The fourth-order valence-electron chi connectivity index (χ4n) is 1.94. The van der Waals surface area contributed by atoms with Gasteiger partial charge in [0.05, 0.1) is 0 Å². The summed E-state index contributed by atoms with van der Waals surface area (Å²) in [5.74, 6) is -0.0620. The zero-order valence-electron chi connectivity index (χ0n) is 12.7. The van der Waals surface area contributed by atoms with E-state index in [0.29, 0.717) is 18.4 Å². The van der Waals surface area contributed by atoms with E-state index in [1.807, 2.05) is 24.3 Å². The zero-order chi connectivity index (χ0) is 15.9. The van der Waals surface area contributed by atoms with E-state index in [0.717, 1.165) is 11.3 Å². The van der Waals surface area contributed by atoms with Crippen LogP contribution in [-0.4, -0.2) is 35.8 Å². The minimum atomic E-state index is -0.169. The summed E-state index contributed by atoms with van der Waals surface area (Å²) in [4.78, 5) is 29.0. The third-order valence-corrected chi connectivity index (χ3v) is 3.28. The number of rotatable bonds is 5. The second-order valence-electron chi connectivity index (χ2n) is 5.18. The van der Waals surface area contributed by atoms with Gasteiger partial charge in [-0.25, -0.2) is 0 Å². The Bertz CT molecular complexity index is 637. The Labute approximate surface area is 130 Å². The summed E-state index contributed by atoms with van der Waals surface area (Å²) in [7, 11) is 3.50. The van der Waals surface area contributed by atoms with Crippen molar-refractivity contribution in [2.45, 2.75) is 12.8 Å². The van der Waals surface area contributed by atoms with Crippen LogP contribution in [-0.2, 0) is 11.2 Å². The molecular formula is C17H19N3O2. The highest BCUT2D eigenvalue weighted by atomic mass is 16.2. The molecule has 0 spiro atoms. The molecule has 0 aliphatic heterocycles. The van der Waals surface area contributed by atoms with Crippen molar-refractivity contribution in [1.82, 2.24) is 9.88 Å². The maximum absolute atomic E-state index is 12.0. The van der Waals surface area contributed by atoms with Gasteiger partial charge in [0.15, 0.2) is 0 Å². The van der Waals surface area contributed by atoms with Gasteiger partial charge in [-0.15, -0.1) is 0 Å². The van der Waals surface area contributed by atoms with Crippen LogP contribution in [0.5, 0.6) is 0 Å². The maximum Gasteiger partial charge on any atom is 0.255 e. The highest BCUT2D eigenvalue weighted by Gasteiger charge is 2.06. The Balaban J connectivity index is 1.92. The van der Waals surface area contributed by atoms with Gasteiger partial charge < -0.3 is 10.2 Å². The number of carbonyl (C=O) groups excluding carboxylic acids is 2. The van der Waals surface area contributed by atoms with Crippen LogP contribution in [0.4, 0.5) is 5.69 Å². The first-order valence-electron chi connectivity index (χ1n) is 7.07. The quantitative estimate of drug-likeness (QED) is 0.921. The van der Waals surface area contributed by atoms with Crippen molar-refractivity contribution < 1.29 is 9.59 Å². The van der Waals surface area contributed by atoms with Gasteiger partial charge in [0, 0.05) is 44.2 Å². The number of pyridine rings is 1. The van der Waals surface area contributed by atoms with E-state index in [4.69, 9.17) is 0 Å². The Kier molecular flexibility index (Phi) is 5.25. The van der Waals surface area contributed by atoms with Gasteiger partial charge in [-0.3, -0.25) is 14.6 Å². The molecule has 2 aromatic rings. The average molecular weight is 297 g/mol. The van der Waals surface area contributed by atoms with Crippen molar-refractivity contribution in [2.24, 2.45) is 0 Å². The first-order valence-corrected chi connectivity index (χ1v) is 7.07. The molecule has 0 saturated heterocycles. The smallest absolute Gasteiger partial charge is 0.255 e. The van der Waals surface area contributed by atoms with E-state index in [-0.39, 0.29) is 11.8 Å². The van der Waals surface area contributed by atoms with Crippen molar-refractivity contribution in [3.05, 3.63) is 59.9 Å². The summed E-state index contributed by atoms with van der Waals surface area (Å²) >= 11 is 0. The fourth-order valence-corrected chi connectivity index (χ4v) is 1.94. The van der Waals surface area contributed by atoms with Crippen LogP contribution >= 0.6 is 0 Å². The number of amides is 2. The number of nitrogens with one attached hydrogen (secondary N) is 1. The second kappa shape index (κ2) is 7.36. The molecule has 1 aromatic heterocycles. The van der Waals surface area contributed by atoms with Crippen LogP contribution in [0.3, 0.4) is 0 Å². The monoisotopic (exact) mass is 297 g/mol. The lowest BCUT2D eigenvalue weighted by Gasteiger charge is -2.10. The van der Waals surface area contributed by atoms with Crippen LogP contribution in [0.15, 0.2) is 48.8 Å². The van der Waals surface area contributed by atoms with E-state index in [2.05, 4.69) is 10.3 Å². The van der Waals surface area contributed by atoms with E-state index >= 15 is 0 Å². The third-order valence-electron chi connectivity index (χ3n) is 3.28. The molecule has 2 amide bonds. The Morgan fingerprint density at radius 3 is 2.27 bits per heavy atom. The lowest BCUT2D eigenvalue weighted by atomic mass is 10.1. The molecule has 0 fully saturated rings. The lowest BCUT2D eigenvalue weighted by molar-refractivity contribution is -0.128. The van der Waals surface area contributed by atoms with Crippen LogP contribution < -0.4 is 5.32 Å². The van der Waals surface area contributed by atoms with Gasteiger partial charge in [-0.1, -0.05) is 12.1 Å². The number of anilines is 1. The maximum atomic E-state index is 12.0. The third kappa shape index (κ3) is 4.41. The average Bonchev–Trinajstić information content (AvgIpc) is 2.54. The number of aryl methyl sites for hydroxylation is 1. The minimum absolute atomic E-state index is 0.107. The van der Waals surface area contributed by atoms with Crippen LogP contribution in [0.2, 0.25) is 0 Å². The molecule has 5 nitrogen and oxygen atoms in total. The SMILES string of the molecule is CN(C)C(=O)CCc1ccc(NC(=O)c2ccncc2)cc1. The summed E-state index contributed by atoms with van der Waals surface area (Å²) in [5.41, 5.74) is 2.36. The highest BCUT2D eigenvalue weighted by Crippen LogP contribution is 2.12. The largest absolute Gasteiger partial charge is 0.349 e. The number of benzene rings is 1. The highest BCUT2D eigenvalue weighted by molar-refractivity contribution is 6.04. The van der Waals surface area contributed by atoms with Crippen molar-refractivity contribution in [2.75, 3.05) is 19.4 Å². The number of nitrogens with zero attached hydrogens (tertiary/aromatic N) is 2. The van der Waals surface area contributed by atoms with Gasteiger partial charge in [-0.2, -0.15) is 0 Å². The Morgan fingerprint density at radius 2 is 1.68 bits per heavy atom.